The number of H-pyrrole nitrogens is 1. The maximum atomic E-state index is 8.42. The number of nitrogens with one attached hydrogen (secondary N) is 1. The van der Waals surface area contributed by atoms with Gasteiger partial charge in [-0.15, -0.1) is 0 Å². The molecule has 0 amide bonds. The number of nitriles is 1. The molecule has 0 aliphatic heterocycles. The number of hydrogen-bond donors (Lipinski definition) is 1. The van der Waals surface area contributed by atoms with Crippen LogP contribution in [-0.4, -0.2) is 18.7 Å². The predicted molar refractivity (Wildman–Crippen MR) is 60.6 cm³/mol. The number of imidazole rings is 1. The van der Waals surface area contributed by atoms with Gasteiger partial charge in [-0.2, -0.15) is 5.26 Å². The van der Waals surface area contributed by atoms with E-state index in [1.807, 2.05) is 12.4 Å². The third kappa shape index (κ3) is 4.45. The first kappa shape index (κ1) is 12.7. The molecule has 1 N–H and O–H groups in total. The Balaban J connectivity index is 2.25. The maximum absolute atomic E-state index is 8.42. The first-order valence-corrected chi connectivity index (χ1v) is 5.80. The van der Waals surface area contributed by atoms with Crippen LogP contribution in [0, 0.1) is 11.3 Å². The molecule has 0 atom stereocenters. The second-order valence-electron chi connectivity index (χ2n) is 3.81. The predicted octanol–water partition coefficient (Wildman–Crippen LogP) is 1.58. The SMILES string of the molecule is COCC[n+]1cc[nH]c1CCCCCC#N. The van der Waals surface area contributed by atoms with Crippen molar-refractivity contribution in [3.63, 3.8) is 0 Å². The molecule has 88 valence electrons. The number of aryl methyl sites for hydroxylation is 1. The Bertz CT molecular complexity index is 327. The van der Waals surface area contributed by atoms with Gasteiger partial charge in [0.2, 0.25) is 0 Å². The normalized spacial score (nSPS) is 10.2. The molecule has 1 aromatic rings. The zero-order valence-corrected chi connectivity index (χ0v) is 9.91. The van der Waals surface area contributed by atoms with Gasteiger partial charge < -0.3 is 4.74 Å². The van der Waals surface area contributed by atoms with E-state index in [0.29, 0.717) is 6.42 Å². The Morgan fingerprint density at radius 1 is 1.44 bits per heavy atom. The molecule has 0 aliphatic carbocycles. The van der Waals surface area contributed by atoms with Crippen molar-refractivity contribution in [2.24, 2.45) is 0 Å². The molecule has 0 unspecified atom stereocenters. The summed E-state index contributed by atoms with van der Waals surface area (Å²) in [6, 6.07) is 2.17. The zero-order valence-electron chi connectivity index (χ0n) is 9.91. The standard InChI is InChI=1S/C12H19N3O/c1-16-11-10-15-9-8-14-12(15)6-4-2-3-5-7-13/h8-9H,2-6,10-11H2,1H3/p+1. The molecule has 4 heteroatoms. The number of methoxy groups -OCH3 is 1. The molecule has 0 aliphatic rings. The summed E-state index contributed by atoms with van der Waals surface area (Å²) in [4.78, 5) is 3.25. The number of hydrogen-bond acceptors (Lipinski definition) is 2. The molecule has 0 bridgehead atoms. The minimum Gasteiger partial charge on any atom is -0.381 e. The largest absolute Gasteiger partial charge is 0.381 e. The summed E-state index contributed by atoms with van der Waals surface area (Å²) >= 11 is 0. The van der Waals surface area contributed by atoms with Gasteiger partial charge in [0.05, 0.1) is 12.7 Å². The summed E-state index contributed by atoms with van der Waals surface area (Å²) in [5.41, 5.74) is 0. The Hall–Kier alpha value is -1.34. The van der Waals surface area contributed by atoms with E-state index < -0.39 is 0 Å². The van der Waals surface area contributed by atoms with Crippen LogP contribution >= 0.6 is 0 Å². The topological polar surface area (TPSA) is 52.7 Å². The highest BCUT2D eigenvalue weighted by molar-refractivity contribution is 4.77. The molecule has 0 spiro atoms. The number of aromatic amines is 1. The second-order valence-corrected chi connectivity index (χ2v) is 3.81. The molecule has 16 heavy (non-hydrogen) atoms. The van der Waals surface area contributed by atoms with E-state index in [1.165, 1.54) is 5.82 Å². The smallest absolute Gasteiger partial charge is 0.254 e. The molecule has 0 radical (unpaired) electrons. The highest BCUT2D eigenvalue weighted by Crippen LogP contribution is 2.02. The van der Waals surface area contributed by atoms with E-state index in [1.54, 1.807) is 7.11 Å². The fourth-order valence-electron chi connectivity index (χ4n) is 1.68. The van der Waals surface area contributed by atoms with Crippen molar-refractivity contribution in [2.45, 2.75) is 38.6 Å². The van der Waals surface area contributed by atoms with Crippen molar-refractivity contribution in [1.29, 1.82) is 5.26 Å². The van der Waals surface area contributed by atoms with E-state index in [9.17, 15) is 0 Å². The summed E-state index contributed by atoms with van der Waals surface area (Å²) in [6.45, 7) is 1.64. The molecule has 0 saturated carbocycles. The first-order chi connectivity index (χ1) is 7.88. The van der Waals surface area contributed by atoms with Crippen molar-refractivity contribution >= 4 is 0 Å². The lowest BCUT2D eigenvalue weighted by atomic mass is 10.1. The van der Waals surface area contributed by atoms with Crippen LogP contribution in [-0.2, 0) is 17.7 Å². The van der Waals surface area contributed by atoms with Crippen LogP contribution in [0.15, 0.2) is 12.4 Å². The molecular formula is C12H20N3O+. The van der Waals surface area contributed by atoms with Crippen LogP contribution in [0.4, 0.5) is 0 Å². The van der Waals surface area contributed by atoms with Gasteiger partial charge >= 0.3 is 0 Å². The number of ether oxygens (including phenoxy) is 1. The summed E-state index contributed by atoms with van der Waals surface area (Å²) in [5, 5.41) is 8.42. The van der Waals surface area contributed by atoms with E-state index in [0.717, 1.165) is 38.8 Å². The van der Waals surface area contributed by atoms with Crippen LogP contribution in [0.2, 0.25) is 0 Å². The van der Waals surface area contributed by atoms with Crippen LogP contribution in [0.25, 0.3) is 0 Å². The van der Waals surface area contributed by atoms with E-state index in [-0.39, 0.29) is 0 Å². The van der Waals surface area contributed by atoms with Crippen LogP contribution in [0.5, 0.6) is 0 Å². The lowest BCUT2D eigenvalue weighted by Gasteiger charge is -2.00. The van der Waals surface area contributed by atoms with Crippen molar-refractivity contribution in [2.75, 3.05) is 13.7 Å². The average Bonchev–Trinajstić information content (AvgIpc) is 2.74. The Kier molecular flexibility index (Phi) is 6.28. The number of nitrogens with zero attached hydrogens (tertiary/aromatic N) is 2. The molecule has 0 saturated heterocycles. The van der Waals surface area contributed by atoms with Gasteiger partial charge in [-0.05, 0) is 12.8 Å². The number of rotatable bonds is 8. The molecule has 1 heterocycles. The first-order valence-electron chi connectivity index (χ1n) is 5.80. The highest BCUT2D eigenvalue weighted by Gasteiger charge is 2.09. The van der Waals surface area contributed by atoms with Gasteiger partial charge in [-0.1, -0.05) is 6.42 Å². The Labute approximate surface area is 96.9 Å². The number of unbranched alkanes of at least 4 members (excludes halogenated alkanes) is 3. The Morgan fingerprint density at radius 3 is 3.06 bits per heavy atom. The molecule has 0 aromatic carbocycles. The second kappa shape index (κ2) is 7.89. The monoisotopic (exact) mass is 222 g/mol. The van der Waals surface area contributed by atoms with Crippen LogP contribution in [0.1, 0.15) is 31.5 Å². The van der Waals surface area contributed by atoms with Crippen molar-refractivity contribution in [3.8, 4) is 6.07 Å². The van der Waals surface area contributed by atoms with Crippen molar-refractivity contribution in [3.05, 3.63) is 18.2 Å². The third-order valence-corrected chi connectivity index (χ3v) is 2.59. The summed E-state index contributed by atoms with van der Waals surface area (Å²) in [5.74, 6) is 1.24. The summed E-state index contributed by atoms with van der Waals surface area (Å²) < 4.78 is 7.25. The van der Waals surface area contributed by atoms with E-state index >= 15 is 0 Å². The zero-order chi connectivity index (χ0) is 11.6. The van der Waals surface area contributed by atoms with Crippen molar-refractivity contribution in [1.82, 2.24) is 4.98 Å². The van der Waals surface area contributed by atoms with Gasteiger partial charge in [0.15, 0.2) is 0 Å². The lowest BCUT2D eigenvalue weighted by Crippen LogP contribution is -2.38. The van der Waals surface area contributed by atoms with Gasteiger partial charge in [0, 0.05) is 20.0 Å². The van der Waals surface area contributed by atoms with E-state index in [4.69, 9.17) is 10.00 Å². The van der Waals surface area contributed by atoms with Crippen LogP contribution in [0.3, 0.4) is 0 Å². The molecule has 1 rings (SSSR count). The Morgan fingerprint density at radius 2 is 2.31 bits per heavy atom. The fourth-order valence-corrected chi connectivity index (χ4v) is 1.68. The molecule has 0 fully saturated rings. The van der Waals surface area contributed by atoms with E-state index in [2.05, 4.69) is 15.6 Å². The summed E-state index contributed by atoms with van der Waals surface area (Å²) in [7, 11) is 1.72. The quantitative estimate of drug-likeness (QED) is 0.536. The third-order valence-electron chi connectivity index (χ3n) is 2.59. The highest BCUT2D eigenvalue weighted by atomic mass is 16.5. The minimum atomic E-state index is 0.675. The van der Waals surface area contributed by atoms with Gasteiger partial charge in [0.1, 0.15) is 18.9 Å². The molecule has 4 nitrogen and oxygen atoms in total. The molecule has 1 aromatic heterocycles. The fraction of sp³-hybridized carbons (Fsp3) is 0.667. The van der Waals surface area contributed by atoms with Gasteiger partial charge in [0.25, 0.3) is 5.82 Å². The van der Waals surface area contributed by atoms with Gasteiger partial charge in [-0.25, -0.2) is 9.55 Å². The van der Waals surface area contributed by atoms with Crippen LogP contribution < -0.4 is 4.57 Å². The lowest BCUT2D eigenvalue weighted by molar-refractivity contribution is -0.704. The minimum absolute atomic E-state index is 0.675. The molecular weight excluding hydrogens is 202 g/mol. The summed E-state index contributed by atoms with van der Waals surface area (Å²) in [6.07, 6.45) is 8.99. The number of aromatic nitrogens is 2. The average molecular weight is 222 g/mol. The van der Waals surface area contributed by atoms with Gasteiger partial charge in [-0.3, -0.25) is 0 Å². The van der Waals surface area contributed by atoms with Crippen molar-refractivity contribution < 1.29 is 9.30 Å². The maximum Gasteiger partial charge on any atom is 0.254 e.